The molecule has 0 heterocycles. The maximum Gasteiger partial charge on any atom is 0.223 e. The standard InChI is InChI=1S/C18H28N2O2/c1-13(2)15-7-9-16(10-8-15)20(14(3)21)12-11-17(22)19-18(4,5)6/h7-10,13H,11-12H2,1-6H3,(H,19,22). The summed E-state index contributed by atoms with van der Waals surface area (Å²) in [5.74, 6) is 0.357. The topological polar surface area (TPSA) is 49.4 Å². The van der Waals surface area contributed by atoms with Gasteiger partial charge in [-0.2, -0.15) is 0 Å². The Labute approximate surface area is 133 Å². The highest BCUT2D eigenvalue weighted by atomic mass is 16.2. The Balaban J connectivity index is 2.74. The second-order valence-electron chi connectivity index (χ2n) is 6.97. The van der Waals surface area contributed by atoms with Gasteiger partial charge in [-0.25, -0.2) is 0 Å². The normalized spacial score (nSPS) is 11.4. The Morgan fingerprint density at radius 3 is 2.09 bits per heavy atom. The highest BCUT2D eigenvalue weighted by molar-refractivity contribution is 5.92. The summed E-state index contributed by atoms with van der Waals surface area (Å²) in [4.78, 5) is 25.4. The number of carbonyl (C=O) groups excluding carboxylic acids is 2. The maximum atomic E-state index is 11.9. The van der Waals surface area contributed by atoms with Crippen molar-refractivity contribution in [1.29, 1.82) is 0 Å². The molecule has 0 atom stereocenters. The first kappa shape index (κ1) is 18.2. The van der Waals surface area contributed by atoms with Crippen LogP contribution in [0.25, 0.3) is 0 Å². The quantitative estimate of drug-likeness (QED) is 0.905. The van der Waals surface area contributed by atoms with Gasteiger partial charge in [-0.05, 0) is 44.4 Å². The van der Waals surface area contributed by atoms with Gasteiger partial charge in [0.2, 0.25) is 11.8 Å². The fraction of sp³-hybridized carbons (Fsp3) is 0.556. The molecule has 0 spiro atoms. The largest absolute Gasteiger partial charge is 0.351 e. The van der Waals surface area contributed by atoms with Gasteiger partial charge in [0.25, 0.3) is 0 Å². The molecule has 1 rings (SSSR count). The third-order valence-electron chi connectivity index (χ3n) is 3.33. The lowest BCUT2D eigenvalue weighted by molar-refractivity contribution is -0.122. The van der Waals surface area contributed by atoms with Crippen LogP contribution in [-0.2, 0) is 9.59 Å². The second kappa shape index (κ2) is 7.43. The molecule has 1 aromatic rings. The Morgan fingerprint density at radius 1 is 1.14 bits per heavy atom. The Morgan fingerprint density at radius 2 is 1.68 bits per heavy atom. The van der Waals surface area contributed by atoms with Gasteiger partial charge in [0.05, 0.1) is 0 Å². The molecule has 2 amide bonds. The number of nitrogens with one attached hydrogen (secondary N) is 1. The molecule has 0 fully saturated rings. The maximum absolute atomic E-state index is 11.9. The van der Waals surface area contributed by atoms with Crippen LogP contribution in [0.5, 0.6) is 0 Å². The Hall–Kier alpha value is -1.84. The smallest absolute Gasteiger partial charge is 0.223 e. The number of hydrogen-bond donors (Lipinski definition) is 1. The SMILES string of the molecule is CC(=O)N(CCC(=O)NC(C)(C)C)c1ccc(C(C)C)cc1. The van der Waals surface area contributed by atoms with E-state index in [0.717, 1.165) is 5.69 Å². The summed E-state index contributed by atoms with van der Waals surface area (Å²) in [6, 6.07) is 7.95. The van der Waals surface area contributed by atoms with Gasteiger partial charge in [0.1, 0.15) is 0 Å². The van der Waals surface area contributed by atoms with Crippen LogP contribution in [0.4, 0.5) is 5.69 Å². The summed E-state index contributed by atoms with van der Waals surface area (Å²) in [5, 5.41) is 2.91. The van der Waals surface area contributed by atoms with Crippen molar-refractivity contribution in [2.45, 2.75) is 59.4 Å². The van der Waals surface area contributed by atoms with E-state index in [0.29, 0.717) is 18.9 Å². The van der Waals surface area contributed by atoms with E-state index < -0.39 is 0 Å². The van der Waals surface area contributed by atoms with Crippen LogP contribution in [0.1, 0.15) is 59.4 Å². The number of carbonyl (C=O) groups is 2. The Kier molecular flexibility index (Phi) is 6.15. The second-order valence-corrected chi connectivity index (χ2v) is 6.97. The molecule has 1 N–H and O–H groups in total. The minimum atomic E-state index is -0.253. The fourth-order valence-electron chi connectivity index (χ4n) is 2.20. The third kappa shape index (κ3) is 5.88. The summed E-state index contributed by atoms with van der Waals surface area (Å²) in [6.07, 6.45) is 0.294. The monoisotopic (exact) mass is 304 g/mol. The van der Waals surface area contributed by atoms with Gasteiger partial charge in [-0.15, -0.1) is 0 Å². The van der Waals surface area contributed by atoms with Crippen molar-refractivity contribution >= 4 is 17.5 Å². The number of rotatable bonds is 5. The van der Waals surface area contributed by atoms with Gasteiger partial charge in [-0.3, -0.25) is 9.59 Å². The average molecular weight is 304 g/mol. The van der Waals surface area contributed by atoms with Gasteiger partial charge in [0.15, 0.2) is 0 Å². The van der Waals surface area contributed by atoms with E-state index in [-0.39, 0.29) is 17.4 Å². The summed E-state index contributed by atoms with van der Waals surface area (Å²) < 4.78 is 0. The van der Waals surface area contributed by atoms with E-state index in [1.54, 1.807) is 4.90 Å². The van der Waals surface area contributed by atoms with Crippen molar-refractivity contribution in [2.24, 2.45) is 0 Å². The first-order chi connectivity index (χ1) is 10.1. The van der Waals surface area contributed by atoms with Gasteiger partial charge in [-0.1, -0.05) is 26.0 Å². The lowest BCUT2D eigenvalue weighted by Crippen LogP contribution is -2.42. The van der Waals surface area contributed by atoms with Crippen LogP contribution in [-0.4, -0.2) is 23.9 Å². The predicted octanol–water partition coefficient (Wildman–Crippen LogP) is 3.47. The molecule has 122 valence electrons. The minimum Gasteiger partial charge on any atom is -0.351 e. The number of anilines is 1. The molecule has 22 heavy (non-hydrogen) atoms. The zero-order valence-corrected chi connectivity index (χ0v) is 14.6. The first-order valence-corrected chi connectivity index (χ1v) is 7.79. The molecule has 1 aromatic carbocycles. The zero-order chi connectivity index (χ0) is 16.9. The van der Waals surface area contributed by atoms with E-state index >= 15 is 0 Å². The molecule has 0 radical (unpaired) electrons. The summed E-state index contributed by atoms with van der Waals surface area (Å²) in [6.45, 7) is 12.0. The molecule has 0 bridgehead atoms. The predicted molar refractivity (Wildman–Crippen MR) is 91.1 cm³/mol. The van der Waals surface area contributed by atoms with E-state index in [9.17, 15) is 9.59 Å². The highest BCUT2D eigenvalue weighted by Gasteiger charge is 2.17. The lowest BCUT2D eigenvalue weighted by atomic mass is 10.0. The van der Waals surface area contributed by atoms with Crippen LogP contribution in [0.3, 0.4) is 0 Å². The number of nitrogens with zero attached hydrogens (tertiary/aromatic N) is 1. The number of hydrogen-bond acceptors (Lipinski definition) is 2. The average Bonchev–Trinajstić information content (AvgIpc) is 2.37. The minimum absolute atomic E-state index is 0.0439. The molecule has 0 saturated heterocycles. The van der Waals surface area contributed by atoms with Crippen molar-refractivity contribution in [3.63, 3.8) is 0 Å². The summed E-state index contributed by atoms with van der Waals surface area (Å²) in [7, 11) is 0. The van der Waals surface area contributed by atoms with Crippen molar-refractivity contribution in [2.75, 3.05) is 11.4 Å². The van der Waals surface area contributed by atoms with Crippen LogP contribution >= 0.6 is 0 Å². The van der Waals surface area contributed by atoms with Gasteiger partial charge >= 0.3 is 0 Å². The molecule has 4 heteroatoms. The zero-order valence-electron chi connectivity index (χ0n) is 14.6. The van der Waals surface area contributed by atoms with Gasteiger partial charge < -0.3 is 10.2 Å². The van der Waals surface area contributed by atoms with E-state index in [1.165, 1.54) is 12.5 Å². The van der Waals surface area contributed by atoms with Crippen molar-refractivity contribution < 1.29 is 9.59 Å². The third-order valence-corrected chi connectivity index (χ3v) is 3.33. The molecule has 4 nitrogen and oxygen atoms in total. The molecule has 0 saturated carbocycles. The summed E-state index contributed by atoms with van der Waals surface area (Å²) in [5.41, 5.74) is 1.81. The van der Waals surface area contributed by atoms with Crippen LogP contribution in [0.2, 0.25) is 0 Å². The van der Waals surface area contributed by atoms with E-state index in [1.807, 2.05) is 45.0 Å². The molecule has 0 aliphatic heterocycles. The molecular weight excluding hydrogens is 276 g/mol. The number of amides is 2. The molecular formula is C18H28N2O2. The molecule has 0 aliphatic rings. The van der Waals surface area contributed by atoms with Crippen LogP contribution in [0, 0.1) is 0 Å². The molecule has 0 aromatic heterocycles. The first-order valence-electron chi connectivity index (χ1n) is 7.79. The molecule has 0 aliphatic carbocycles. The van der Waals surface area contributed by atoms with Crippen molar-refractivity contribution in [1.82, 2.24) is 5.32 Å². The summed E-state index contributed by atoms with van der Waals surface area (Å²) >= 11 is 0. The van der Waals surface area contributed by atoms with Gasteiger partial charge in [0, 0.05) is 31.1 Å². The van der Waals surface area contributed by atoms with E-state index in [4.69, 9.17) is 0 Å². The lowest BCUT2D eigenvalue weighted by Gasteiger charge is -2.24. The Bertz CT molecular complexity index is 513. The molecule has 0 unspecified atom stereocenters. The van der Waals surface area contributed by atoms with Crippen molar-refractivity contribution in [3.05, 3.63) is 29.8 Å². The highest BCUT2D eigenvalue weighted by Crippen LogP contribution is 2.20. The fourth-order valence-corrected chi connectivity index (χ4v) is 2.20. The van der Waals surface area contributed by atoms with Crippen molar-refractivity contribution in [3.8, 4) is 0 Å². The van der Waals surface area contributed by atoms with E-state index in [2.05, 4.69) is 19.2 Å². The van der Waals surface area contributed by atoms with Crippen LogP contribution < -0.4 is 10.2 Å². The van der Waals surface area contributed by atoms with Crippen LogP contribution in [0.15, 0.2) is 24.3 Å². The number of benzene rings is 1.